The minimum atomic E-state index is -2.43. The van der Waals surface area contributed by atoms with Gasteiger partial charge in [0, 0.05) is 30.9 Å². The maximum atomic E-state index is 13.6. The van der Waals surface area contributed by atoms with Crippen molar-refractivity contribution < 1.29 is 18.0 Å². The Kier molecular flexibility index (Phi) is 5.43. The molecule has 0 saturated heterocycles. The fourth-order valence-electron chi connectivity index (χ4n) is 3.94. The van der Waals surface area contributed by atoms with E-state index in [0.717, 1.165) is 16.8 Å². The van der Waals surface area contributed by atoms with Crippen LogP contribution < -0.4 is 16.0 Å². The van der Waals surface area contributed by atoms with Gasteiger partial charge in [0.25, 0.3) is 12.3 Å². The first kappa shape index (κ1) is 21.0. The zero-order chi connectivity index (χ0) is 22.9. The molecule has 3 aromatic heterocycles. The molecule has 1 aliphatic heterocycles. The van der Waals surface area contributed by atoms with Crippen LogP contribution in [0.25, 0.3) is 16.9 Å². The summed E-state index contributed by atoms with van der Waals surface area (Å²) >= 11 is 0. The van der Waals surface area contributed by atoms with E-state index in [4.69, 9.17) is 0 Å². The molecule has 1 amide bonds. The first-order valence-electron chi connectivity index (χ1n) is 10.3. The molecule has 0 spiro atoms. The van der Waals surface area contributed by atoms with E-state index in [0.29, 0.717) is 35.0 Å². The summed E-state index contributed by atoms with van der Waals surface area (Å²) in [5, 5.41) is 8.67. The summed E-state index contributed by atoms with van der Waals surface area (Å²) in [5.41, 5.74) is 4.49. The van der Waals surface area contributed by atoms with Crippen LogP contribution in [0.3, 0.4) is 0 Å². The molecule has 3 N–H and O–H groups in total. The van der Waals surface area contributed by atoms with Gasteiger partial charge in [-0.15, -0.1) is 0 Å². The smallest absolute Gasteiger partial charge is 0.254 e. The Labute approximate surface area is 186 Å². The van der Waals surface area contributed by atoms with Gasteiger partial charge >= 0.3 is 0 Å². The number of fused-ring (bicyclic) bond motifs is 2. The monoisotopic (exact) mass is 452 g/mol. The van der Waals surface area contributed by atoms with E-state index in [1.807, 2.05) is 6.07 Å². The minimum absolute atomic E-state index is 0.201. The standard InChI is InChI=1S/C23H19F3N6O/c24-13-6-7-32-18(11-28-21(32)8-13)15-4-5-17(22-16(15)10-29-23(22)33)31-20-3-1-2-14(30-20)9-27-12-19(25)26/h1-8,11,19,27H,9-10,12H2,(H,29,33)(H,30,31). The van der Waals surface area contributed by atoms with Crippen LogP contribution in [-0.2, 0) is 13.1 Å². The summed E-state index contributed by atoms with van der Waals surface area (Å²) in [6.07, 6.45) is 0.822. The number of anilines is 2. The number of pyridine rings is 2. The molecular weight excluding hydrogens is 433 g/mol. The van der Waals surface area contributed by atoms with Gasteiger partial charge < -0.3 is 16.0 Å². The van der Waals surface area contributed by atoms with Crippen LogP contribution in [0, 0.1) is 5.82 Å². The van der Waals surface area contributed by atoms with Gasteiger partial charge in [0.1, 0.15) is 17.3 Å². The second-order valence-corrected chi connectivity index (χ2v) is 7.57. The maximum absolute atomic E-state index is 13.6. The molecule has 33 heavy (non-hydrogen) atoms. The van der Waals surface area contributed by atoms with Crippen LogP contribution >= 0.6 is 0 Å². The number of nitrogens with zero attached hydrogens (tertiary/aromatic N) is 3. The summed E-state index contributed by atoms with van der Waals surface area (Å²) in [5.74, 6) is -0.101. The molecule has 0 saturated carbocycles. The number of hydrogen-bond donors (Lipinski definition) is 3. The van der Waals surface area contributed by atoms with Crippen LogP contribution in [0.4, 0.5) is 24.7 Å². The quantitative estimate of drug-likeness (QED) is 0.397. The number of aromatic nitrogens is 3. The molecule has 4 heterocycles. The molecule has 10 heteroatoms. The first-order chi connectivity index (χ1) is 16.0. The van der Waals surface area contributed by atoms with E-state index in [2.05, 4.69) is 25.9 Å². The van der Waals surface area contributed by atoms with E-state index in [1.54, 1.807) is 41.1 Å². The van der Waals surface area contributed by atoms with Crippen LogP contribution in [0.15, 0.2) is 54.9 Å². The number of rotatable bonds is 7. The lowest BCUT2D eigenvalue weighted by Gasteiger charge is -2.13. The Morgan fingerprint density at radius 2 is 2.06 bits per heavy atom. The number of halogens is 3. The highest BCUT2D eigenvalue weighted by molar-refractivity contribution is 6.06. The van der Waals surface area contributed by atoms with Crippen molar-refractivity contribution in [1.82, 2.24) is 25.0 Å². The molecule has 4 aromatic rings. The summed E-state index contributed by atoms with van der Waals surface area (Å²) in [4.78, 5) is 21.4. The molecule has 168 valence electrons. The number of carbonyl (C=O) groups is 1. The highest BCUT2D eigenvalue weighted by Crippen LogP contribution is 2.35. The number of alkyl halides is 2. The molecular formula is C23H19F3N6O. The van der Waals surface area contributed by atoms with Crippen molar-refractivity contribution in [3.05, 3.63) is 77.5 Å². The van der Waals surface area contributed by atoms with Crippen molar-refractivity contribution in [3.8, 4) is 11.3 Å². The average molecular weight is 452 g/mol. The lowest BCUT2D eigenvalue weighted by Crippen LogP contribution is -2.21. The number of imidazole rings is 1. The second kappa shape index (κ2) is 8.55. The normalized spacial score (nSPS) is 12.9. The third kappa shape index (κ3) is 4.12. The highest BCUT2D eigenvalue weighted by Gasteiger charge is 2.27. The predicted molar refractivity (Wildman–Crippen MR) is 117 cm³/mol. The van der Waals surface area contributed by atoms with Crippen LogP contribution in [-0.4, -0.2) is 33.2 Å². The summed E-state index contributed by atoms with van der Waals surface area (Å²) in [6.45, 7) is 0.134. The molecule has 7 nitrogen and oxygen atoms in total. The molecule has 5 rings (SSSR count). The Morgan fingerprint density at radius 1 is 1.18 bits per heavy atom. The Bertz CT molecular complexity index is 1350. The summed E-state index contributed by atoms with van der Waals surface area (Å²) < 4.78 is 40.0. The van der Waals surface area contributed by atoms with Crippen molar-refractivity contribution in [1.29, 1.82) is 0 Å². The summed E-state index contributed by atoms with van der Waals surface area (Å²) in [6, 6.07) is 11.6. The fraction of sp³-hybridized carbons (Fsp3) is 0.174. The van der Waals surface area contributed by atoms with Crippen molar-refractivity contribution in [3.63, 3.8) is 0 Å². The predicted octanol–water partition coefficient (Wildman–Crippen LogP) is 3.88. The van der Waals surface area contributed by atoms with E-state index in [9.17, 15) is 18.0 Å². The molecule has 0 bridgehead atoms. The number of hydrogen-bond acceptors (Lipinski definition) is 5. The number of benzene rings is 1. The summed E-state index contributed by atoms with van der Waals surface area (Å²) in [7, 11) is 0. The van der Waals surface area contributed by atoms with Gasteiger partial charge in [-0.05, 0) is 29.8 Å². The lowest BCUT2D eigenvalue weighted by molar-refractivity contribution is 0.0966. The molecule has 0 unspecified atom stereocenters. The molecule has 1 aromatic carbocycles. The van der Waals surface area contributed by atoms with Gasteiger partial charge in [-0.25, -0.2) is 23.1 Å². The third-order valence-corrected chi connectivity index (χ3v) is 5.39. The Hall–Kier alpha value is -3.92. The van der Waals surface area contributed by atoms with E-state index < -0.39 is 13.0 Å². The topological polar surface area (TPSA) is 83.4 Å². The average Bonchev–Trinajstić information content (AvgIpc) is 3.38. The Balaban J connectivity index is 1.47. The number of nitrogens with one attached hydrogen (secondary N) is 3. The van der Waals surface area contributed by atoms with Crippen molar-refractivity contribution in [2.24, 2.45) is 0 Å². The van der Waals surface area contributed by atoms with Crippen LogP contribution in [0.5, 0.6) is 0 Å². The second-order valence-electron chi connectivity index (χ2n) is 7.57. The molecule has 0 atom stereocenters. The van der Waals surface area contributed by atoms with E-state index in [-0.39, 0.29) is 18.3 Å². The maximum Gasteiger partial charge on any atom is 0.254 e. The van der Waals surface area contributed by atoms with Crippen molar-refractivity contribution >= 4 is 23.1 Å². The zero-order valence-corrected chi connectivity index (χ0v) is 17.3. The van der Waals surface area contributed by atoms with E-state index in [1.165, 1.54) is 12.1 Å². The van der Waals surface area contributed by atoms with Gasteiger partial charge in [-0.2, -0.15) is 0 Å². The number of amides is 1. The van der Waals surface area contributed by atoms with Gasteiger partial charge in [-0.3, -0.25) is 9.20 Å². The van der Waals surface area contributed by atoms with Crippen LogP contribution in [0.1, 0.15) is 21.6 Å². The van der Waals surface area contributed by atoms with E-state index >= 15 is 0 Å². The van der Waals surface area contributed by atoms with Gasteiger partial charge in [-0.1, -0.05) is 12.1 Å². The largest absolute Gasteiger partial charge is 0.348 e. The highest BCUT2D eigenvalue weighted by atomic mass is 19.3. The first-order valence-corrected chi connectivity index (χ1v) is 10.3. The fourth-order valence-corrected chi connectivity index (χ4v) is 3.94. The third-order valence-electron chi connectivity index (χ3n) is 5.39. The number of carbonyl (C=O) groups excluding carboxylic acids is 1. The van der Waals surface area contributed by atoms with Gasteiger partial charge in [0.05, 0.1) is 35.4 Å². The van der Waals surface area contributed by atoms with Gasteiger partial charge in [0.2, 0.25) is 0 Å². The van der Waals surface area contributed by atoms with Crippen LogP contribution in [0.2, 0.25) is 0 Å². The molecule has 0 aliphatic carbocycles. The van der Waals surface area contributed by atoms with Crippen molar-refractivity contribution in [2.75, 3.05) is 11.9 Å². The Morgan fingerprint density at radius 3 is 2.91 bits per heavy atom. The molecule has 0 radical (unpaired) electrons. The minimum Gasteiger partial charge on any atom is -0.348 e. The van der Waals surface area contributed by atoms with Gasteiger partial charge in [0.15, 0.2) is 0 Å². The van der Waals surface area contributed by atoms with Crippen molar-refractivity contribution in [2.45, 2.75) is 19.5 Å². The molecule has 0 fully saturated rings. The lowest BCUT2D eigenvalue weighted by atomic mass is 9.99. The zero-order valence-electron chi connectivity index (χ0n) is 17.3. The molecule has 1 aliphatic rings. The SMILES string of the molecule is O=C1NCc2c(-c3cnc4cc(F)ccn34)ccc(Nc3cccc(CNCC(F)F)n3)c21.